The second-order valence-electron chi connectivity index (χ2n) is 4.38. The van der Waals surface area contributed by atoms with Gasteiger partial charge in [-0.2, -0.15) is 0 Å². The number of carbonyl (C=O) groups excluding carboxylic acids is 1. The molecule has 0 bridgehead atoms. The molecule has 0 aliphatic rings. The van der Waals surface area contributed by atoms with Crippen LogP contribution in [0.15, 0.2) is 0 Å². The highest BCUT2D eigenvalue weighted by atomic mass is 16.3. The van der Waals surface area contributed by atoms with E-state index in [1.807, 2.05) is 6.92 Å². The largest absolute Gasteiger partial charge is 0.396 e. The second kappa shape index (κ2) is 7.63. The number of aliphatic hydroxyl groups is 1. The van der Waals surface area contributed by atoms with Crippen molar-refractivity contribution < 1.29 is 9.90 Å². The zero-order chi connectivity index (χ0) is 12.6. The van der Waals surface area contributed by atoms with E-state index in [0.717, 1.165) is 19.4 Å². The van der Waals surface area contributed by atoms with E-state index in [-0.39, 0.29) is 17.9 Å². The molecule has 0 aromatic carbocycles. The van der Waals surface area contributed by atoms with Crippen LogP contribution < -0.4 is 5.32 Å². The van der Waals surface area contributed by atoms with Crippen molar-refractivity contribution >= 4 is 5.91 Å². The van der Waals surface area contributed by atoms with Crippen LogP contribution in [0.2, 0.25) is 0 Å². The smallest absolute Gasteiger partial charge is 0.236 e. The lowest BCUT2D eigenvalue weighted by molar-refractivity contribution is -0.128. The monoisotopic (exact) mass is 230 g/mol. The highest BCUT2D eigenvalue weighted by molar-refractivity contribution is 5.77. The van der Waals surface area contributed by atoms with Gasteiger partial charge in [0.25, 0.3) is 0 Å². The standard InChI is InChI=1S/C12H26N2O2/c1-5-12(6-2,10-15)9-13-8-11(16)14(4)7-3/h13,15H,5-10H2,1-4H3. The van der Waals surface area contributed by atoms with Crippen LogP contribution in [-0.4, -0.2) is 49.2 Å². The molecule has 0 atom stereocenters. The van der Waals surface area contributed by atoms with Gasteiger partial charge in [-0.1, -0.05) is 13.8 Å². The highest BCUT2D eigenvalue weighted by Crippen LogP contribution is 2.24. The van der Waals surface area contributed by atoms with E-state index in [1.165, 1.54) is 0 Å². The maximum Gasteiger partial charge on any atom is 0.236 e. The molecule has 4 nitrogen and oxygen atoms in total. The molecule has 0 fully saturated rings. The summed E-state index contributed by atoms with van der Waals surface area (Å²) in [4.78, 5) is 13.2. The molecule has 0 aromatic heterocycles. The molecule has 0 heterocycles. The number of rotatable bonds is 8. The van der Waals surface area contributed by atoms with Crippen molar-refractivity contribution in [1.29, 1.82) is 0 Å². The Morgan fingerprint density at radius 2 is 1.88 bits per heavy atom. The molecule has 0 aliphatic heterocycles. The van der Waals surface area contributed by atoms with Crippen molar-refractivity contribution in [1.82, 2.24) is 10.2 Å². The SMILES string of the molecule is CCN(C)C(=O)CNCC(CC)(CC)CO. The van der Waals surface area contributed by atoms with Gasteiger partial charge in [0.05, 0.1) is 6.54 Å². The van der Waals surface area contributed by atoms with Crippen molar-refractivity contribution in [3.05, 3.63) is 0 Å². The summed E-state index contributed by atoms with van der Waals surface area (Å²) in [5, 5.41) is 12.5. The van der Waals surface area contributed by atoms with Crippen molar-refractivity contribution in [2.75, 3.05) is 33.3 Å². The lowest BCUT2D eigenvalue weighted by Crippen LogP contribution is -2.42. The summed E-state index contributed by atoms with van der Waals surface area (Å²) in [6.45, 7) is 8.04. The van der Waals surface area contributed by atoms with Gasteiger partial charge in [-0.15, -0.1) is 0 Å². The predicted molar refractivity (Wildman–Crippen MR) is 66.3 cm³/mol. The van der Waals surface area contributed by atoms with Crippen LogP contribution in [0, 0.1) is 5.41 Å². The first kappa shape index (κ1) is 15.4. The number of hydrogen-bond acceptors (Lipinski definition) is 3. The number of carbonyl (C=O) groups is 1. The first-order chi connectivity index (χ1) is 7.55. The summed E-state index contributed by atoms with van der Waals surface area (Å²) in [7, 11) is 1.79. The van der Waals surface area contributed by atoms with Gasteiger partial charge in [0.2, 0.25) is 5.91 Å². The number of amides is 1. The Morgan fingerprint density at radius 1 is 1.31 bits per heavy atom. The normalized spacial score (nSPS) is 11.6. The number of nitrogens with one attached hydrogen (secondary N) is 1. The van der Waals surface area contributed by atoms with Crippen LogP contribution >= 0.6 is 0 Å². The molecule has 4 heteroatoms. The lowest BCUT2D eigenvalue weighted by Gasteiger charge is -2.29. The fraction of sp³-hybridized carbons (Fsp3) is 0.917. The summed E-state index contributed by atoms with van der Waals surface area (Å²) in [6.07, 6.45) is 1.84. The Hall–Kier alpha value is -0.610. The summed E-state index contributed by atoms with van der Waals surface area (Å²) in [5.41, 5.74) is -0.0783. The van der Waals surface area contributed by atoms with Gasteiger partial charge in [0.1, 0.15) is 0 Å². The third-order valence-corrected chi connectivity index (χ3v) is 3.51. The summed E-state index contributed by atoms with van der Waals surface area (Å²) < 4.78 is 0. The maximum absolute atomic E-state index is 11.5. The third kappa shape index (κ3) is 4.49. The summed E-state index contributed by atoms with van der Waals surface area (Å²) in [6, 6.07) is 0. The first-order valence-electron chi connectivity index (χ1n) is 6.10. The highest BCUT2D eigenvalue weighted by Gasteiger charge is 2.24. The molecule has 0 aromatic rings. The van der Waals surface area contributed by atoms with Gasteiger partial charge in [0.15, 0.2) is 0 Å². The minimum Gasteiger partial charge on any atom is -0.396 e. The Balaban J connectivity index is 4.00. The van der Waals surface area contributed by atoms with Crippen LogP contribution in [0.1, 0.15) is 33.6 Å². The third-order valence-electron chi connectivity index (χ3n) is 3.51. The van der Waals surface area contributed by atoms with Gasteiger partial charge >= 0.3 is 0 Å². The van der Waals surface area contributed by atoms with Gasteiger partial charge in [0, 0.05) is 32.2 Å². The van der Waals surface area contributed by atoms with E-state index in [2.05, 4.69) is 19.2 Å². The zero-order valence-corrected chi connectivity index (χ0v) is 11.0. The molecule has 0 spiro atoms. The van der Waals surface area contributed by atoms with E-state index >= 15 is 0 Å². The molecule has 96 valence electrons. The Labute approximate surface area is 99.0 Å². The summed E-state index contributed by atoms with van der Waals surface area (Å²) in [5.74, 6) is 0.0987. The molecule has 0 radical (unpaired) electrons. The molecule has 0 saturated heterocycles. The fourth-order valence-corrected chi connectivity index (χ4v) is 1.53. The molecule has 0 unspecified atom stereocenters. The Kier molecular flexibility index (Phi) is 7.34. The van der Waals surface area contributed by atoms with Crippen LogP contribution in [0.5, 0.6) is 0 Å². The second-order valence-corrected chi connectivity index (χ2v) is 4.38. The van der Waals surface area contributed by atoms with Crippen molar-refractivity contribution in [3.63, 3.8) is 0 Å². The zero-order valence-electron chi connectivity index (χ0n) is 11.0. The predicted octanol–water partition coefficient (Wildman–Crippen LogP) is 0.853. The van der Waals surface area contributed by atoms with Gasteiger partial charge in [-0.25, -0.2) is 0 Å². The molecular weight excluding hydrogens is 204 g/mol. The molecule has 1 amide bonds. The average molecular weight is 230 g/mol. The minimum atomic E-state index is -0.0783. The Morgan fingerprint density at radius 3 is 2.25 bits per heavy atom. The van der Waals surface area contributed by atoms with Crippen molar-refractivity contribution in [2.24, 2.45) is 5.41 Å². The van der Waals surface area contributed by atoms with Crippen LogP contribution in [0.4, 0.5) is 0 Å². The number of hydrogen-bond donors (Lipinski definition) is 2. The van der Waals surface area contributed by atoms with E-state index in [9.17, 15) is 9.90 Å². The lowest BCUT2D eigenvalue weighted by atomic mass is 9.83. The molecule has 16 heavy (non-hydrogen) atoms. The van der Waals surface area contributed by atoms with Crippen molar-refractivity contribution in [2.45, 2.75) is 33.6 Å². The molecule has 0 aliphatic carbocycles. The topological polar surface area (TPSA) is 52.6 Å². The fourth-order valence-electron chi connectivity index (χ4n) is 1.53. The molecular formula is C12H26N2O2. The van der Waals surface area contributed by atoms with Crippen molar-refractivity contribution in [3.8, 4) is 0 Å². The molecule has 0 saturated carbocycles. The van der Waals surface area contributed by atoms with Gasteiger partial charge in [-0.05, 0) is 19.8 Å². The molecule has 2 N–H and O–H groups in total. The van der Waals surface area contributed by atoms with E-state index in [1.54, 1.807) is 11.9 Å². The number of likely N-dealkylation sites (N-methyl/N-ethyl adjacent to an activating group) is 1. The van der Waals surface area contributed by atoms with E-state index in [0.29, 0.717) is 13.1 Å². The first-order valence-corrected chi connectivity index (χ1v) is 6.10. The summed E-state index contributed by atoms with van der Waals surface area (Å²) >= 11 is 0. The number of aliphatic hydroxyl groups excluding tert-OH is 1. The Bertz CT molecular complexity index is 195. The molecule has 0 rings (SSSR count). The van der Waals surface area contributed by atoms with Gasteiger partial charge < -0.3 is 15.3 Å². The van der Waals surface area contributed by atoms with Crippen LogP contribution in [0.25, 0.3) is 0 Å². The van der Waals surface area contributed by atoms with E-state index in [4.69, 9.17) is 0 Å². The maximum atomic E-state index is 11.5. The average Bonchev–Trinajstić information content (AvgIpc) is 2.34. The van der Waals surface area contributed by atoms with E-state index < -0.39 is 0 Å². The van der Waals surface area contributed by atoms with Gasteiger partial charge in [-0.3, -0.25) is 4.79 Å². The minimum absolute atomic E-state index is 0.0783. The quantitative estimate of drug-likeness (QED) is 0.650. The number of nitrogens with zero attached hydrogens (tertiary/aromatic N) is 1. The van der Waals surface area contributed by atoms with Crippen LogP contribution in [-0.2, 0) is 4.79 Å². The van der Waals surface area contributed by atoms with Crippen LogP contribution in [0.3, 0.4) is 0 Å².